The molecule has 3 rings (SSSR count). The largest absolute Gasteiger partial charge is 0.417 e. The van der Waals surface area contributed by atoms with E-state index in [9.17, 15) is 21.6 Å². The molecule has 0 radical (unpaired) electrons. The van der Waals surface area contributed by atoms with Gasteiger partial charge in [-0.15, -0.1) is 0 Å². The number of hydrogen-bond acceptors (Lipinski definition) is 7. The van der Waals surface area contributed by atoms with E-state index in [1.807, 2.05) is 0 Å². The maximum Gasteiger partial charge on any atom is 0.417 e. The second-order valence-corrected chi connectivity index (χ2v) is 7.75. The highest BCUT2D eigenvalue weighted by atomic mass is 32.2. The normalized spacial score (nSPS) is 16.7. The third-order valence-corrected chi connectivity index (χ3v) is 5.22. The van der Waals surface area contributed by atoms with E-state index < -0.39 is 26.7 Å². The van der Waals surface area contributed by atoms with Gasteiger partial charge in [0.15, 0.2) is 5.82 Å². The van der Waals surface area contributed by atoms with Gasteiger partial charge < -0.3 is 9.42 Å². The van der Waals surface area contributed by atoms with Crippen LogP contribution in [0.15, 0.2) is 27.6 Å². The summed E-state index contributed by atoms with van der Waals surface area (Å²) >= 11 is 0. The number of anilines is 1. The number of hydrogen-bond donors (Lipinski definition) is 1. The van der Waals surface area contributed by atoms with Crippen molar-refractivity contribution in [1.29, 1.82) is 0 Å². The minimum atomic E-state index is -4.82. The molecule has 0 bridgehead atoms. The highest BCUT2D eigenvalue weighted by molar-refractivity contribution is 7.89. The minimum absolute atomic E-state index is 0.296. The number of primary sulfonamides is 1. The van der Waals surface area contributed by atoms with Crippen LogP contribution in [0.2, 0.25) is 0 Å². The standard InChI is InChI=1S/C15H18F3N5O3S/c1-10-20-14(21-26-10)9-22-4-6-23(7-5-22)11-2-3-13(27(19,24)25)12(8-11)15(16,17)18/h2-3,8H,4-7,9H2,1H3,(H2,19,24,25). The molecule has 1 fully saturated rings. The SMILES string of the molecule is Cc1nc(CN2CCN(c3ccc(S(N)(=O)=O)c(C(F)(F)F)c3)CC2)no1. The number of aryl methyl sites for hydroxylation is 1. The van der Waals surface area contributed by atoms with Crippen LogP contribution < -0.4 is 10.0 Å². The first-order valence-corrected chi connectivity index (χ1v) is 9.59. The lowest BCUT2D eigenvalue weighted by atomic mass is 10.1. The third kappa shape index (κ3) is 4.57. The minimum Gasteiger partial charge on any atom is -0.369 e. The van der Waals surface area contributed by atoms with E-state index in [0.717, 1.165) is 12.1 Å². The van der Waals surface area contributed by atoms with E-state index in [4.69, 9.17) is 9.66 Å². The van der Waals surface area contributed by atoms with Crippen LogP contribution in [0.25, 0.3) is 0 Å². The van der Waals surface area contributed by atoms with Gasteiger partial charge in [0.2, 0.25) is 15.9 Å². The van der Waals surface area contributed by atoms with Crippen molar-refractivity contribution in [1.82, 2.24) is 15.0 Å². The van der Waals surface area contributed by atoms with Crippen molar-refractivity contribution < 1.29 is 26.1 Å². The molecular formula is C15H18F3N5O3S. The fourth-order valence-corrected chi connectivity index (χ4v) is 3.69. The topological polar surface area (TPSA) is 106 Å². The van der Waals surface area contributed by atoms with Gasteiger partial charge in [0, 0.05) is 38.8 Å². The summed E-state index contributed by atoms with van der Waals surface area (Å²) in [5.74, 6) is 1.02. The fraction of sp³-hybridized carbons (Fsp3) is 0.467. The Morgan fingerprint density at radius 3 is 2.41 bits per heavy atom. The van der Waals surface area contributed by atoms with Gasteiger partial charge in [0.25, 0.3) is 0 Å². The van der Waals surface area contributed by atoms with Gasteiger partial charge in [-0.2, -0.15) is 18.2 Å². The Morgan fingerprint density at radius 1 is 1.22 bits per heavy atom. The maximum absolute atomic E-state index is 13.3. The summed E-state index contributed by atoms with van der Waals surface area (Å²) in [6.45, 7) is 4.31. The van der Waals surface area contributed by atoms with Crippen LogP contribution in [0.3, 0.4) is 0 Å². The molecule has 8 nitrogen and oxygen atoms in total. The highest BCUT2D eigenvalue weighted by Crippen LogP contribution is 2.36. The highest BCUT2D eigenvalue weighted by Gasteiger charge is 2.37. The molecule has 2 heterocycles. The number of sulfonamides is 1. The molecule has 148 valence electrons. The van der Waals surface area contributed by atoms with Crippen molar-refractivity contribution in [2.45, 2.75) is 24.5 Å². The average molecular weight is 405 g/mol. The number of rotatable bonds is 4. The molecular weight excluding hydrogens is 387 g/mol. The molecule has 1 aromatic carbocycles. The number of alkyl halides is 3. The molecule has 12 heteroatoms. The Morgan fingerprint density at radius 2 is 1.89 bits per heavy atom. The van der Waals surface area contributed by atoms with Crippen LogP contribution in [0, 0.1) is 6.92 Å². The van der Waals surface area contributed by atoms with Crippen LogP contribution in [0.5, 0.6) is 0 Å². The van der Waals surface area contributed by atoms with E-state index >= 15 is 0 Å². The van der Waals surface area contributed by atoms with Crippen LogP contribution in [0.1, 0.15) is 17.3 Å². The van der Waals surface area contributed by atoms with Crippen LogP contribution in [0.4, 0.5) is 18.9 Å². The summed E-state index contributed by atoms with van der Waals surface area (Å²) in [7, 11) is -4.48. The number of aromatic nitrogens is 2. The summed E-state index contributed by atoms with van der Waals surface area (Å²) in [5.41, 5.74) is -0.961. The fourth-order valence-electron chi connectivity index (χ4n) is 2.95. The van der Waals surface area contributed by atoms with Crippen LogP contribution in [-0.2, 0) is 22.7 Å². The van der Waals surface area contributed by atoms with E-state index in [1.165, 1.54) is 6.07 Å². The van der Waals surface area contributed by atoms with Gasteiger partial charge >= 0.3 is 6.18 Å². The molecule has 1 aromatic heterocycles. The maximum atomic E-state index is 13.3. The molecule has 1 aliphatic rings. The van der Waals surface area contributed by atoms with E-state index in [-0.39, 0.29) is 0 Å². The second kappa shape index (κ2) is 7.09. The first-order valence-electron chi connectivity index (χ1n) is 8.04. The Bertz CT molecular complexity index is 921. The van der Waals surface area contributed by atoms with Crippen molar-refractivity contribution in [3.8, 4) is 0 Å². The molecule has 0 amide bonds. The smallest absolute Gasteiger partial charge is 0.369 e. The van der Waals surface area contributed by atoms with E-state index in [1.54, 1.807) is 11.8 Å². The number of piperazine rings is 1. The summed E-state index contributed by atoms with van der Waals surface area (Å²) < 4.78 is 67.6. The third-order valence-electron chi connectivity index (χ3n) is 4.25. The molecule has 0 spiro atoms. The molecule has 0 unspecified atom stereocenters. The Kier molecular flexibility index (Phi) is 5.14. The van der Waals surface area contributed by atoms with Crippen LogP contribution >= 0.6 is 0 Å². The number of benzene rings is 1. The first-order chi connectivity index (χ1) is 12.5. The van der Waals surface area contributed by atoms with Gasteiger partial charge in [-0.1, -0.05) is 5.16 Å². The molecule has 0 saturated carbocycles. The zero-order valence-electron chi connectivity index (χ0n) is 14.4. The molecule has 1 saturated heterocycles. The Labute approximate surface area is 153 Å². The van der Waals surface area contributed by atoms with E-state index in [2.05, 4.69) is 15.0 Å². The van der Waals surface area contributed by atoms with Gasteiger partial charge in [0.1, 0.15) is 0 Å². The molecule has 2 N–H and O–H groups in total. The lowest BCUT2D eigenvalue weighted by molar-refractivity contribution is -0.139. The van der Waals surface area contributed by atoms with Crippen molar-refractivity contribution in [3.63, 3.8) is 0 Å². The van der Waals surface area contributed by atoms with E-state index in [0.29, 0.717) is 50.1 Å². The summed E-state index contributed by atoms with van der Waals surface area (Å²) in [6, 6.07) is 3.08. The number of nitrogens with zero attached hydrogens (tertiary/aromatic N) is 4. The van der Waals surface area contributed by atoms with Crippen molar-refractivity contribution in [2.24, 2.45) is 5.14 Å². The molecule has 1 aliphatic heterocycles. The predicted octanol–water partition coefficient (Wildman–Crippen LogP) is 1.37. The summed E-state index contributed by atoms with van der Waals surface area (Å²) in [5, 5.41) is 8.73. The zero-order chi connectivity index (χ0) is 19.8. The monoisotopic (exact) mass is 405 g/mol. The molecule has 27 heavy (non-hydrogen) atoms. The average Bonchev–Trinajstić information content (AvgIpc) is 2.98. The molecule has 2 aromatic rings. The second-order valence-electron chi connectivity index (χ2n) is 6.22. The van der Waals surface area contributed by atoms with Crippen molar-refractivity contribution in [2.75, 3.05) is 31.1 Å². The first kappa shape index (κ1) is 19.6. The quantitative estimate of drug-likeness (QED) is 0.819. The van der Waals surface area contributed by atoms with Gasteiger partial charge in [-0.05, 0) is 18.2 Å². The summed E-state index contributed by atoms with van der Waals surface area (Å²) in [6.07, 6.45) is -4.82. The lowest BCUT2D eigenvalue weighted by Gasteiger charge is -2.35. The van der Waals surface area contributed by atoms with Crippen LogP contribution in [-0.4, -0.2) is 49.6 Å². The molecule has 0 aliphatic carbocycles. The van der Waals surface area contributed by atoms with Crippen molar-refractivity contribution in [3.05, 3.63) is 35.5 Å². The number of nitrogens with two attached hydrogens (primary N) is 1. The van der Waals surface area contributed by atoms with Gasteiger partial charge in [-0.25, -0.2) is 13.6 Å². The predicted molar refractivity (Wildman–Crippen MR) is 89.3 cm³/mol. The zero-order valence-corrected chi connectivity index (χ0v) is 15.2. The molecule has 0 atom stereocenters. The van der Waals surface area contributed by atoms with Gasteiger partial charge in [-0.3, -0.25) is 4.90 Å². The Hall–Kier alpha value is -2.18. The lowest BCUT2D eigenvalue weighted by Crippen LogP contribution is -2.46. The Balaban J connectivity index is 1.74. The van der Waals surface area contributed by atoms with Crippen molar-refractivity contribution >= 4 is 15.7 Å². The number of halogens is 3. The summed E-state index contributed by atoms with van der Waals surface area (Å²) in [4.78, 5) is 7.02. The van der Waals surface area contributed by atoms with Gasteiger partial charge in [0.05, 0.1) is 17.0 Å².